The molecular weight excluding hydrogens is 454 g/mol. The van der Waals surface area contributed by atoms with Gasteiger partial charge in [0.15, 0.2) is 0 Å². The van der Waals surface area contributed by atoms with Crippen LogP contribution in [-0.2, 0) is 25.1 Å². The third-order valence-corrected chi connectivity index (χ3v) is 7.62. The fraction of sp³-hybridized carbons (Fsp3) is 0.480. The molecule has 1 unspecified atom stereocenters. The number of aromatic nitrogens is 3. The van der Waals surface area contributed by atoms with E-state index in [4.69, 9.17) is 16.3 Å². The van der Waals surface area contributed by atoms with Crippen LogP contribution in [0.3, 0.4) is 0 Å². The van der Waals surface area contributed by atoms with E-state index in [1.807, 2.05) is 6.20 Å². The average Bonchev–Trinajstić information content (AvgIpc) is 3.17. The summed E-state index contributed by atoms with van der Waals surface area (Å²) in [6.07, 6.45) is 7.50. The first-order valence-electron chi connectivity index (χ1n) is 12.0. The van der Waals surface area contributed by atoms with Crippen molar-refractivity contribution in [1.29, 1.82) is 0 Å². The van der Waals surface area contributed by atoms with Crippen LogP contribution in [0.25, 0.3) is 11.0 Å². The molecular formula is C25H28ClN5O3. The van der Waals surface area contributed by atoms with Gasteiger partial charge in [-0.2, -0.15) is 0 Å². The third kappa shape index (κ3) is 3.88. The molecule has 6 heterocycles. The van der Waals surface area contributed by atoms with Crippen LogP contribution in [-0.4, -0.2) is 56.8 Å². The maximum atomic E-state index is 12.4. The Morgan fingerprint density at radius 2 is 2.09 bits per heavy atom. The van der Waals surface area contributed by atoms with Crippen molar-refractivity contribution >= 4 is 22.6 Å². The molecule has 1 fully saturated rings. The lowest BCUT2D eigenvalue weighted by molar-refractivity contribution is -0.0135. The number of nitrogens with zero attached hydrogens (tertiary/aromatic N) is 4. The molecule has 3 aliphatic rings. The van der Waals surface area contributed by atoms with Crippen molar-refractivity contribution in [3.63, 3.8) is 0 Å². The number of β-amino-alcohol motifs (C(OH)–C–C–N with tert-alkyl or cyclic N) is 1. The summed E-state index contributed by atoms with van der Waals surface area (Å²) in [7, 11) is 0. The zero-order chi connectivity index (χ0) is 23.3. The second-order valence-electron chi connectivity index (χ2n) is 9.67. The number of nitrogens with one attached hydrogen (secondary N) is 1. The number of rotatable bonds is 5. The van der Waals surface area contributed by atoms with Crippen LogP contribution in [0.15, 0.2) is 35.4 Å². The van der Waals surface area contributed by atoms with E-state index in [1.54, 1.807) is 16.8 Å². The minimum absolute atomic E-state index is 0.140. The van der Waals surface area contributed by atoms with Crippen molar-refractivity contribution in [3.8, 4) is 5.75 Å². The highest BCUT2D eigenvalue weighted by molar-refractivity contribution is 6.32. The van der Waals surface area contributed by atoms with Gasteiger partial charge in [-0.3, -0.25) is 19.7 Å². The number of likely N-dealkylation sites (tertiary alicyclic amines) is 1. The predicted molar refractivity (Wildman–Crippen MR) is 129 cm³/mol. The van der Waals surface area contributed by atoms with Crippen molar-refractivity contribution in [1.82, 2.24) is 24.8 Å². The van der Waals surface area contributed by atoms with Crippen molar-refractivity contribution in [2.75, 3.05) is 26.2 Å². The Kier molecular flexibility index (Phi) is 5.56. The van der Waals surface area contributed by atoms with E-state index < -0.39 is 5.60 Å². The molecule has 3 aromatic rings. The van der Waals surface area contributed by atoms with Crippen molar-refractivity contribution in [3.05, 3.63) is 62.8 Å². The highest BCUT2D eigenvalue weighted by atomic mass is 35.5. The van der Waals surface area contributed by atoms with Gasteiger partial charge in [0.2, 0.25) is 0 Å². The molecule has 1 atom stereocenters. The molecule has 0 radical (unpaired) electrons. The molecule has 34 heavy (non-hydrogen) atoms. The molecule has 8 nitrogen and oxygen atoms in total. The van der Waals surface area contributed by atoms with Gasteiger partial charge in [0.25, 0.3) is 5.56 Å². The molecule has 0 aliphatic carbocycles. The molecule has 0 spiro atoms. The quantitative estimate of drug-likeness (QED) is 0.577. The fourth-order valence-corrected chi connectivity index (χ4v) is 5.94. The molecule has 0 saturated carbocycles. The summed E-state index contributed by atoms with van der Waals surface area (Å²) in [6, 6.07) is 5.76. The molecule has 178 valence electrons. The zero-order valence-corrected chi connectivity index (χ0v) is 19.7. The topological polar surface area (TPSA) is 92.5 Å². The number of aliphatic hydroxyl groups is 1. The molecule has 3 aliphatic heterocycles. The van der Waals surface area contributed by atoms with E-state index in [9.17, 15) is 9.90 Å². The number of ether oxygens (including phenoxy) is 1. The maximum Gasteiger partial charge on any atom is 0.251 e. The largest absolute Gasteiger partial charge is 0.492 e. The Morgan fingerprint density at radius 3 is 2.94 bits per heavy atom. The lowest BCUT2D eigenvalue weighted by Gasteiger charge is -2.37. The standard InChI is InChI=1S/C25H28ClN5O3/c26-19-12-29-20-3-4-22(32)31-15-25(33,23(19)24(20)31)14-30-7-5-17(6-8-30)27-11-18-10-16-2-1-9-34-21(16)13-28-18/h3-4,10,12-13,17,27,33H,1-2,5-9,11,14-15H2. The third-order valence-electron chi connectivity index (χ3n) is 7.34. The Labute approximate surface area is 202 Å². The van der Waals surface area contributed by atoms with Gasteiger partial charge in [-0.05, 0) is 56.5 Å². The number of aryl methyl sites for hydroxylation is 1. The smallest absolute Gasteiger partial charge is 0.251 e. The first kappa shape index (κ1) is 22.0. The summed E-state index contributed by atoms with van der Waals surface area (Å²) in [4.78, 5) is 23.6. The first-order valence-corrected chi connectivity index (χ1v) is 12.4. The second-order valence-corrected chi connectivity index (χ2v) is 10.1. The van der Waals surface area contributed by atoms with Crippen LogP contribution < -0.4 is 15.6 Å². The molecule has 3 aromatic heterocycles. The van der Waals surface area contributed by atoms with Crippen LogP contribution >= 0.6 is 11.6 Å². The van der Waals surface area contributed by atoms with Gasteiger partial charge in [0.05, 0.1) is 41.1 Å². The summed E-state index contributed by atoms with van der Waals surface area (Å²) in [5.74, 6) is 0.921. The Morgan fingerprint density at radius 1 is 1.24 bits per heavy atom. The molecule has 1 saturated heterocycles. The maximum absolute atomic E-state index is 12.4. The van der Waals surface area contributed by atoms with E-state index in [-0.39, 0.29) is 12.1 Å². The van der Waals surface area contributed by atoms with Gasteiger partial charge in [0, 0.05) is 37.0 Å². The van der Waals surface area contributed by atoms with Gasteiger partial charge >= 0.3 is 0 Å². The molecule has 0 amide bonds. The number of hydrogen-bond donors (Lipinski definition) is 2. The van der Waals surface area contributed by atoms with Gasteiger partial charge in [-0.15, -0.1) is 0 Å². The molecule has 6 rings (SSSR count). The van der Waals surface area contributed by atoms with Crippen molar-refractivity contribution in [2.45, 2.75) is 50.4 Å². The van der Waals surface area contributed by atoms with Gasteiger partial charge in [-0.25, -0.2) is 0 Å². The predicted octanol–water partition coefficient (Wildman–Crippen LogP) is 2.23. The second kappa shape index (κ2) is 8.61. The van der Waals surface area contributed by atoms with Crippen LogP contribution in [0.5, 0.6) is 5.75 Å². The van der Waals surface area contributed by atoms with Crippen molar-refractivity contribution in [2.24, 2.45) is 0 Å². The normalized spacial score (nSPS) is 22.6. The highest BCUT2D eigenvalue weighted by Crippen LogP contribution is 2.40. The Bertz CT molecular complexity index is 1300. The van der Waals surface area contributed by atoms with Crippen LogP contribution in [0.2, 0.25) is 5.02 Å². The molecule has 0 bridgehead atoms. The van der Waals surface area contributed by atoms with E-state index in [2.05, 4.69) is 26.3 Å². The monoisotopic (exact) mass is 481 g/mol. The highest BCUT2D eigenvalue weighted by Gasteiger charge is 2.42. The van der Waals surface area contributed by atoms with Crippen molar-refractivity contribution < 1.29 is 9.84 Å². The average molecular weight is 482 g/mol. The summed E-state index contributed by atoms with van der Waals surface area (Å²) in [5.41, 5.74) is 2.91. The Hall–Kier alpha value is -2.52. The summed E-state index contributed by atoms with van der Waals surface area (Å²) < 4.78 is 7.27. The molecule has 9 heteroatoms. The summed E-state index contributed by atoms with van der Waals surface area (Å²) in [5, 5.41) is 15.7. The van der Waals surface area contributed by atoms with Crippen LogP contribution in [0, 0.1) is 0 Å². The minimum Gasteiger partial charge on any atom is -0.492 e. The number of halogens is 1. The van der Waals surface area contributed by atoms with E-state index >= 15 is 0 Å². The van der Waals surface area contributed by atoms with E-state index in [0.717, 1.165) is 63.4 Å². The lowest BCUT2D eigenvalue weighted by atomic mass is 9.94. The SMILES string of the molecule is O=c1ccc2ncc(Cl)c3c2n1CC3(O)CN1CCC(NCc2cc3c(cn2)OCCC3)CC1. The summed E-state index contributed by atoms with van der Waals surface area (Å²) >= 11 is 6.48. The fourth-order valence-electron chi connectivity index (χ4n) is 5.62. The van der Waals surface area contributed by atoms with Crippen LogP contribution in [0.4, 0.5) is 0 Å². The number of piperidine rings is 1. The molecule has 0 aromatic carbocycles. The van der Waals surface area contributed by atoms with Crippen LogP contribution in [0.1, 0.15) is 36.1 Å². The Balaban J connectivity index is 1.09. The molecule has 2 N–H and O–H groups in total. The number of fused-ring (bicyclic) bond motifs is 1. The first-order chi connectivity index (χ1) is 16.5. The minimum atomic E-state index is -1.21. The number of hydrogen-bond acceptors (Lipinski definition) is 7. The van der Waals surface area contributed by atoms with E-state index in [0.29, 0.717) is 34.2 Å². The van der Waals surface area contributed by atoms with Gasteiger partial charge in [-0.1, -0.05) is 11.6 Å². The van der Waals surface area contributed by atoms with Gasteiger partial charge < -0.3 is 19.7 Å². The summed E-state index contributed by atoms with van der Waals surface area (Å²) in [6.45, 7) is 3.89. The lowest BCUT2D eigenvalue weighted by Crippen LogP contribution is -2.48. The van der Waals surface area contributed by atoms with E-state index in [1.165, 1.54) is 11.6 Å². The number of pyridine rings is 3. The zero-order valence-electron chi connectivity index (χ0n) is 19.0. The van der Waals surface area contributed by atoms with Gasteiger partial charge in [0.1, 0.15) is 11.4 Å².